The summed E-state index contributed by atoms with van der Waals surface area (Å²) in [5.74, 6) is 0.106. The third kappa shape index (κ3) is 5.77. The third-order valence-electron chi connectivity index (χ3n) is 8.05. The summed E-state index contributed by atoms with van der Waals surface area (Å²) in [6, 6.07) is 11.3. The van der Waals surface area contributed by atoms with Gasteiger partial charge in [-0.1, -0.05) is 23.2 Å². The number of fused-ring (bicyclic) bond motifs is 2. The Bertz CT molecular complexity index is 1450. The van der Waals surface area contributed by atoms with Gasteiger partial charge in [0.25, 0.3) is 0 Å². The molecule has 7 nitrogen and oxygen atoms in total. The predicted octanol–water partition coefficient (Wildman–Crippen LogP) is 5.73. The van der Waals surface area contributed by atoms with Gasteiger partial charge in [0.05, 0.1) is 11.2 Å². The molecule has 3 aliphatic heterocycles. The number of pyridine rings is 1. The van der Waals surface area contributed by atoms with E-state index in [1.165, 1.54) is 5.56 Å². The van der Waals surface area contributed by atoms with E-state index in [1.807, 2.05) is 58.0 Å². The average Bonchev–Trinajstić information content (AvgIpc) is 3.12. The number of nitrogens with zero attached hydrogens (tertiary/aromatic N) is 1. The van der Waals surface area contributed by atoms with E-state index in [0.717, 1.165) is 51.4 Å². The number of anilines is 2. The Kier molecular flexibility index (Phi) is 7.99. The molecular weight excluding hydrogens is 548 g/mol. The first-order valence-corrected chi connectivity index (χ1v) is 14.2. The van der Waals surface area contributed by atoms with Crippen molar-refractivity contribution < 1.29 is 18.9 Å². The number of carbonyl (C=O) groups excluding carboxylic acids is 2. The largest absolute Gasteiger partial charge is 0.496 e. The van der Waals surface area contributed by atoms with Gasteiger partial charge in [0.2, 0.25) is 11.8 Å². The molecule has 40 heavy (non-hydrogen) atoms. The standard InChI is InChI=1S/C15H19BClNO3.C15H13ClN2O/c1-14(2)15(3,4)21-16(20-14)13-9-5-8-12(19)18-11(9)7-6-10(13)17;16-13-2-3-14-11(1-4-15(19)18-14)12(13)9-10-5-7-17-8-6-10/h6-7H,5,8H2,1-4H3,(H,18,19);2-3,5-8H,1,4,9H2,(H,18,19). The van der Waals surface area contributed by atoms with Crippen LogP contribution in [0, 0.1) is 0 Å². The van der Waals surface area contributed by atoms with Crippen molar-refractivity contribution in [3.63, 3.8) is 0 Å². The highest BCUT2D eigenvalue weighted by Gasteiger charge is 2.53. The second-order valence-electron chi connectivity index (χ2n) is 11.3. The second kappa shape index (κ2) is 11.2. The van der Waals surface area contributed by atoms with Crippen LogP contribution >= 0.6 is 23.2 Å². The summed E-state index contributed by atoms with van der Waals surface area (Å²) in [6.45, 7) is 8.05. The van der Waals surface area contributed by atoms with E-state index < -0.39 is 18.3 Å². The van der Waals surface area contributed by atoms with E-state index in [-0.39, 0.29) is 11.8 Å². The van der Waals surface area contributed by atoms with Gasteiger partial charge in [0.15, 0.2) is 0 Å². The highest BCUT2D eigenvalue weighted by atomic mass is 35.5. The Morgan fingerprint density at radius 1 is 0.775 bits per heavy atom. The van der Waals surface area contributed by atoms with E-state index >= 15 is 0 Å². The van der Waals surface area contributed by atoms with Crippen molar-refractivity contribution in [2.45, 2.75) is 71.0 Å². The zero-order valence-corrected chi connectivity index (χ0v) is 24.6. The molecule has 3 aliphatic rings. The van der Waals surface area contributed by atoms with Gasteiger partial charge >= 0.3 is 7.12 Å². The molecule has 2 N–H and O–H groups in total. The van der Waals surface area contributed by atoms with Crippen molar-refractivity contribution in [1.29, 1.82) is 0 Å². The van der Waals surface area contributed by atoms with E-state index in [4.69, 9.17) is 32.5 Å². The number of halogens is 2. The molecule has 2 aromatic carbocycles. The fourth-order valence-electron chi connectivity index (χ4n) is 5.10. The van der Waals surface area contributed by atoms with Crippen molar-refractivity contribution in [1.82, 2.24) is 4.98 Å². The monoisotopic (exact) mass is 579 g/mol. The topological polar surface area (TPSA) is 89.5 Å². The first-order valence-electron chi connectivity index (χ1n) is 13.4. The summed E-state index contributed by atoms with van der Waals surface area (Å²) in [4.78, 5) is 27.0. The molecule has 3 aromatic rings. The number of rotatable bonds is 3. The predicted molar refractivity (Wildman–Crippen MR) is 160 cm³/mol. The van der Waals surface area contributed by atoms with E-state index in [2.05, 4.69) is 15.6 Å². The van der Waals surface area contributed by atoms with Crippen LogP contribution in [0.3, 0.4) is 0 Å². The molecule has 1 aromatic heterocycles. The van der Waals surface area contributed by atoms with Crippen LogP contribution in [0.2, 0.25) is 10.0 Å². The Hall–Kier alpha value is -2.91. The summed E-state index contributed by atoms with van der Waals surface area (Å²) in [5, 5.41) is 7.16. The van der Waals surface area contributed by atoms with Crippen LogP contribution in [0.5, 0.6) is 0 Å². The lowest BCUT2D eigenvalue weighted by molar-refractivity contribution is -0.117. The first-order chi connectivity index (χ1) is 18.9. The van der Waals surface area contributed by atoms with Crippen LogP contribution in [0.1, 0.15) is 62.8 Å². The van der Waals surface area contributed by atoms with Gasteiger partial charge in [0.1, 0.15) is 0 Å². The van der Waals surface area contributed by atoms with E-state index in [9.17, 15) is 9.59 Å². The normalized spacial score (nSPS) is 18.6. The lowest BCUT2D eigenvalue weighted by Gasteiger charge is -2.32. The lowest BCUT2D eigenvalue weighted by Crippen LogP contribution is -2.41. The molecule has 10 heteroatoms. The Labute approximate surface area is 245 Å². The van der Waals surface area contributed by atoms with Gasteiger partial charge in [-0.05, 0) is 106 Å². The number of benzene rings is 2. The molecule has 1 saturated heterocycles. The Morgan fingerprint density at radius 3 is 1.90 bits per heavy atom. The molecule has 0 unspecified atom stereocenters. The van der Waals surface area contributed by atoms with Crippen LogP contribution in [0.15, 0.2) is 48.8 Å². The van der Waals surface area contributed by atoms with Gasteiger partial charge in [-0.15, -0.1) is 0 Å². The van der Waals surface area contributed by atoms with Crippen LogP contribution < -0.4 is 16.1 Å². The summed E-state index contributed by atoms with van der Waals surface area (Å²) in [5.41, 5.74) is 6.15. The molecule has 0 atom stereocenters. The zero-order chi connectivity index (χ0) is 28.7. The SMILES string of the molecule is CC1(C)OB(c2c(Cl)ccc3c2CCC(=O)N3)OC1(C)C.O=C1CCc2c(ccc(Cl)c2Cc2ccncc2)N1. The van der Waals surface area contributed by atoms with Crippen LogP contribution in [-0.2, 0) is 38.2 Å². The van der Waals surface area contributed by atoms with Gasteiger partial charge < -0.3 is 19.9 Å². The first kappa shape index (κ1) is 28.6. The van der Waals surface area contributed by atoms with E-state index in [1.54, 1.807) is 18.5 Å². The summed E-state index contributed by atoms with van der Waals surface area (Å²) in [7, 11) is -0.507. The molecule has 1 fully saturated rings. The third-order valence-corrected chi connectivity index (χ3v) is 8.73. The average molecular weight is 580 g/mol. The number of nitrogens with one attached hydrogen (secondary N) is 2. The van der Waals surface area contributed by atoms with Gasteiger partial charge in [-0.3, -0.25) is 14.6 Å². The molecule has 6 rings (SSSR count). The van der Waals surface area contributed by atoms with Crippen molar-refractivity contribution in [2.75, 3.05) is 10.6 Å². The minimum atomic E-state index is -0.507. The van der Waals surface area contributed by atoms with E-state index in [0.29, 0.717) is 24.3 Å². The van der Waals surface area contributed by atoms with Gasteiger partial charge in [-0.2, -0.15) is 0 Å². The molecule has 0 saturated carbocycles. The van der Waals surface area contributed by atoms with Crippen molar-refractivity contribution in [3.05, 3.63) is 81.1 Å². The summed E-state index contributed by atoms with van der Waals surface area (Å²) in [6.07, 6.45) is 6.71. The number of aromatic nitrogens is 1. The fraction of sp³-hybridized carbons (Fsp3) is 0.367. The zero-order valence-electron chi connectivity index (χ0n) is 23.1. The maximum atomic E-state index is 11.5. The minimum Gasteiger partial charge on any atom is -0.399 e. The molecule has 0 radical (unpaired) electrons. The van der Waals surface area contributed by atoms with Gasteiger partial charge in [-0.25, -0.2) is 0 Å². The second-order valence-corrected chi connectivity index (χ2v) is 12.1. The van der Waals surface area contributed by atoms with Crippen molar-refractivity contribution in [3.8, 4) is 0 Å². The number of carbonyl (C=O) groups is 2. The molecular formula is C30H32BCl2N3O4. The van der Waals surface area contributed by atoms with Crippen LogP contribution in [0.4, 0.5) is 11.4 Å². The fourth-order valence-corrected chi connectivity index (χ4v) is 5.61. The van der Waals surface area contributed by atoms with Crippen molar-refractivity contribution >= 4 is 59.0 Å². The highest BCUT2D eigenvalue weighted by Crippen LogP contribution is 2.38. The summed E-state index contributed by atoms with van der Waals surface area (Å²) >= 11 is 12.7. The smallest absolute Gasteiger partial charge is 0.399 e. The van der Waals surface area contributed by atoms with Gasteiger partial charge in [0, 0.05) is 52.1 Å². The number of hydrogen-bond donors (Lipinski definition) is 2. The molecule has 2 amide bonds. The molecule has 208 valence electrons. The van der Waals surface area contributed by atoms with Crippen LogP contribution in [0.25, 0.3) is 0 Å². The Balaban J connectivity index is 0.000000162. The highest BCUT2D eigenvalue weighted by molar-refractivity contribution is 6.66. The Morgan fingerprint density at radius 2 is 1.30 bits per heavy atom. The molecule has 0 aliphatic carbocycles. The minimum absolute atomic E-state index is 0.0321. The molecule has 0 spiro atoms. The van der Waals surface area contributed by atoms with Crippen molar-refractivity contribution in [2.24, 2.45) is 0 Å². The summed E-state index contributed by atoms with van der Waals surface area (Å²) < 4.78 is 12.2. The molecule has 0 bridgehead atoms. The van der Waals surface area contributed by atoms with Crippen LogP contribution in [-0.4, -0.2) is 35.1 Å². The lowest BCUT2D eigenvalue weighted by atomic mass is 9.73. The maximum absolute atomic E-state index is 11.5. The number of hydrogen-bond acceptors (Lipinski definition) is 5. The maximum Gasteiger partial charge on any atom is 0.496 e. The quantitative estimate of drug-likeness (QED) is 0.387. The molecule has 4 heterocycles. The number of amides is 2.